The molecule has 1 amide bonds. The Morgan fingerprint density at radius 2 is 1.97 bits per heavy atom. The molecule has 2 aromatic carbocycles. The summed E-state index contributed by atoms with van der Waals surface area (Å²) in [5, 5.41) is 8.53. The topological polar surface area (TPSA) is 81.7 Å². The molecule has 0 bridgehead atoms. The summed E-state index contributed by atoms with van der Waals surface area (Å²) < 4.78 is 30.5. The molecular weight excluding hydrogens is 457 g/mol. The third-order valence-electron chi connectivity index (χ3n) is 4.65. The van der Waals surface area contributed by atoms with Gasteiger partial charge in [-0.1, -0.05) is 18.2 Å². The lowest BCUT2D eigenvalue weighted by atomic mass is 10.2. The maximum Gasteiger partial charge on any atom is 0.257 e. The van der Waals surface area contributed by atoms with Crippen LogP contribution in [-0.2, 0) is 17.9 Å². The van der Waals surface area contributed by atoms with Gasteiger partial charge in [0.05, 0.1) is 11.8 Å². The Morgan fingerprint density at radius 1 is 1.18 bits per heavy atom. The van der Waals surface area contributed by atoms with Crippen LogP contribution < -0.4 is 20.1 Å². The highest BCUT2D eigenvalue weighted by molar-refractivity contribution is 7.14. The Morgan fingerprint density at radius 3 is 2.74 bits per heavy atom. The Labute approximate surface area is 203 Å². The van der Waals surface area contributed by atoms with Crippen LogP contribution in [0.5, 0.6) is 11.5 Å². The number of halogens is 1. The van der Waals surface area contributed by atoms with Gasteiger partial charge < -0.3 is 19.5 Å². The van der Waals surface area contributed by atoms with E-state index in [2.05, 4.69) is 15.6 Å². The van der Waals surface area contributed by atoms with Crippen LogP contribution in [0.25, 0.3) is 0 Å². The molecule has 1 heterocycles. The molecule has 2 N–H and O–H groups in total. The number of carbonyl (C=O) groups is 1. The maximum atomic E-state index is 13.9. The van der Waals surface area contributed by atoms with Gasteiger partial charge in [0, 0.05) is 42.8 Å². The molecule has 34 heavy (non-hydrogen) atoms. The molecule has 0 radical (unpaired) electrons. The molecule has 7 nitrogen and oxygen atoms in total. The maximum absolute atomic E-state index is 13.9. The summed E-state index contributed by atoms with van der Waals surface area (Å²) in [7, 11) is 1.68. The Bertz CT molecular complexity index is 1070. The number of anilines is 1. The standard InChI is InChI=1S/C25H30FN3O4S/c1-17(2)33-22-12-19(11-21(13-22)32-15-18-7-4-5-8-23(18)26)24(30)29-25-28-20(16-34-25)14-27-9-6-10-31-3/h4-5,7-8,11-13,16-17,27H,6,9-10,14-15H2,1-3H3,(H,28,29,30). The number of benzene rings is 2. The smallest absolute Gasteiger partial charge is 0.257 e. The lowest BCUT2D eigenvalue weighted by Gasteiger charge is -2.14. The van der Waals surface area contributed by atoms with E-state index in [9.17, 15) is 9.18 Å². The van der Waals surface area contributed by atoms with E-state index >= 15 is 0 Å². The fourth-order valence-electron chi connectivity index (χ4n) is 3.08. The van der Waals surface area contributed by atoms with Gasteiger partial charge in [0.25, 0.3) is 5.91 Å². The van der Waals surface area contributed by atoms with Crippen LogP contribution in [0.15, 0.2) is 47.8 Å². The van der Waals surface area contributed by atoms with Crippen LogP contribution in [0.2, 0.25) is 0 Å². The number of nitrogens with one attached hydrogen (secondary N) is 2. The molecule has 0 aliphatic carbocycles. The summed E-state index contributed by atoms with van der Waals surface area (Å²) in [6.45, 7) is 5.97. The zero-order chi connectivity index (χ0) is 24.3. The van der Waals surface area contributed by atoms with Crippen molar-refractivity contribution in [2.75, 3.05) is 25.6 Å². The van der Waals surface area contributed by atoms with Gasteiger partial charge in [-0.3, -0.25) is 10.1 Å². The van der Waals surface area contributed by atoms with Crippen LogP contribution in [-0.4, -0.2) is 37.3 Å². The van der Waals surface area contributed by atoms with Gasteiger partial charge in [0.1, 0.15) is 23.9 Å². The molecule has 3 aromatic rings. The number of carbonyl (C=O) groups excluding carboxylic acids is 1. The Balaban J connectivity index is 1.66. The van der Waals surface area contributed by atoms with Crippen molar-refractivity contribution in [2.45, 2.75) is 39.5 Å². The first-order valence-corrected chi connectivity index (χ1v) is 12.0. The van der Waals surface area contributed by atoms with Gasteiger partial charge >= 0.3 is 0 Å². The van der Waals surface area contributed by atoms with E-state index in [0.29, 0.717) is 40.9 Å². The largest absolute Gasteiger partial charge is 0.491 e. The number of aromatic nitrogens is 1. The number of rotatable bonds is 13. The number of nitrogens with zero attached hydrogens (tertiary/aromatic N) is 1. The molecule has 0 saturated carbocycles. The van der Waals surface area contributed by atoms with Crippen LogP contribution in [0.4, 0.5) is 9.52 Å². The molecule has 0 fully saturated rings. The molecule has 0 atom stereocenters. The second kappa shape index (κ2) is 13.0. The predicted molar refractivity (Wildman–Crippen MR) is 131 cm³/mol. The highest BCUT2D eigenvalue weighted by Crippen LogP contribution is 2.26. The minimum absolute atomic E-state index is 0.0338. The summed E-state index contributed by atoms with van der Waals surface area (Å²) in [5.41, 5.74) is 1.63. The third-order valence-corrected chi connectivity index (χ3v) is 5.45. The second-order valence-electron chi connectivity index (χ2n) is 7.86. The predicted octanol–water partition coefficient (Wildman–Crippen LogP) is 5.03. The molecule has 3 rings (SSSR count). The first kappa shape index (κ1) is 25.6. The highest BCUT2D eigenvalue weighted by Gasteiger charge is 2.14. The Kier molecular flexibility index (Phi) is 9.81. The normalized spacial score (nSPS) is 11.0. The monoisotopic (exact) mass is 487 g/mol. The van der Waals surface area contributed by atoms with E-state index in [1.54, 1.807) is 43.5 Å². The van der Waals surface area contributed by atoms with E-state index in [4.69, 9.17) is 14.2 Å². The number of methoxy groups -OCH3 is 1. The average molecular weight is 488 g/mol. The van der Waals surface area contributed by atoms with E-state index in [1.807, 2.05) is 19.2 Å². The summed E-state index contributed by atoms with van der Waals surface area (Å²) in [6, 6.07) is 11.4. The zero-order valence-electron chi connectivity index (χ0n) is 19.6. The van der Waals surface area contributed by atoms with Crippen LogP contribution in [0.1, 0.15) is 41.9 Å². The van der Waals surface area contributed by atoms with Crippen LogP contribution in [0, 0.1) is 5.82 Å². The fraction of sp³-hybridized carbons (Fsp3) is 0.360. The first-order valence-electron chi connectivity index (χ1n) is 11.1. The number of amides is 1. The molecule has 0 unspecified atom stereocenters. The molecule has 0 spiro atoms. The molecule has 182 valence electrons. The van der Waals surface area contributed by atoms with Gasteiger partial charge in [0.2, 0.25) is 0 Å². The van der Waals surface area contributed by atoms with Crippen molar-refractivity contribution in [3.63, 3.8) is 0 Å². The van der Waals surface area contributed by atoms with Crippen LogP contribution in [0.3, 0.4) is 0 Å². The summed E-state index contributed by atoms with van der Waals surface area (Å²) in [4.78, 5) is 17.4. The summed E-state index contributed by atoms with van der Waals surface area (Å²) in [5.74, 6) is 0.222. The van der Waals surface area contributed by atoms with Gasteiger partial charge in [-0.05, 0) is 45.0 Å². The molecule has 0 saturated heterocycles. The van der Waals surface area contributed by atoms with Crippen molar-refractivity contribution in [3.8, 4) is 11.5 Å². The molecule has 9 heteroatoms. The minimum atomic E-state index is -0.345. The Hall–Kier alpha value is -3.01. The van der Waals surface area contributed by atoms with E-state index < -0.39 is 0 Å². The SMILES string of the molecule is COCCCNCc1csc(NC(=O)c2cc(OCc3ccccc3F)cc(OC(C)C)c2)n1. The van der Waals surface area contributed by atoms with E-state index in [1.165, 1.54) is 17.4 Å². The van der Waals surface area contributed by atoms with Crippen molar-refractivity contribution >= 4 is 22.4 Å². The number of thiazole rings is 1. The third kappa shape index (κ3) is 8.09. The van der Waals surface area contributed by atoms with Gasteiger partial charge in [0.15, 0.2) is 5.13 Å². The van der Waals surface area contributed by atoms with Crippen molar-refractivity contribution in [1.82, 2.24) is 10.3 Å². The van der Waals surface area contributed by atoms with Crippen molar-refractivity contribution in [3.05, 3.63) is 70.5 Å². The zero-order valence-corrected chi connectivity index (χ0v) is 20.4. The number of hydrogen-bond donors (Lipinski definition) is 2. The number of hydrogen-bond acceptors (Lipinski definition) is 7. The lowest BCUT2D eigenvalue weighted by molar-refractivity contribution is 0.102. The average Bonchev–Trinajstić information content (AvgIpc) is 3.25. The fourth-order valence-corrected chi connectivity index (χ4v) is 3.78. The van der Waals surface area contributed by atoms with Crippen LogP contribution >= 0.6 is 11.3 Å². The van der Waals surface area contributed by atoms with E-state index in [0.717, 1.165) is 18.7 Å². The van der Waals surface area contributed by atoms with Gasteiger partial charge in [-0.2, -0.15) is 0 Å². The van der Waals surface area contributed by atoms with E-state index in [-0.39, 0.29) is 24.4 Å². The quantitative estimate of drug-likeness (QED) is 0.329. The minimum Gasteiger partial charge on any atom is -0.491 e. The van der Waals surface area contributed by atoms with Crippen molar-refractivity contribution in [1.29, 1.82) is 0 Å². The van der Waals surface area contributed by atoms with Gasteiger partial charge in [-0.15, -0.1) is 11.3 Å². The second-order valence-corrected chi connectivity index (χ2v) is 8.72. The molecular formula is C25H30FN3O4S. The van der Waals surface area contributed by atoms with Crippen molar-refractivity contribution in [2.24, 2.45) is 0 Å². The first-order chi connectivity index (χ1) is 16.4. The number of ether oxygens (including phenoxy) is 3. The summed E-state index contributed by atoms with van der Waals surface area (Å²) in [6.07, 6.45) is 0.830. The summed E-state index contributed by atoms with van der Waals surface area (Å²) >= 11 is 1.36. The van der Waals surface area contributed by atoms with Gasteiger partial charge in [-0.25, -0.2) is 9.37 Å². The highest BCUT2D eigenvalue weighted by atomic mass is 32.1. The molecule has 0 aliphatic heterocycles. The van der Waals surface area contributed by atoms with Crippen molar-refractivity contribution < 1.29 is 23.4 Å². The molecule has 0 aliphatic rings. The lowest BCUT2D eigenvalue weighted by Crippen LogP contribution is -2.16. The molecule has 1 aromatic heterocycles.